The minimum Gasteiger partial charge on any atom is -0.325 e. The van der Waals surface area contributed by atoms with Crippen LogP contribution in [0.1, 0.15) is 29.5 Å². The van der Waals surface area contributed by atoms with Gasteiger partial charge in [0.25, 0.3) is 0 Å². The predicted octanol–water partition coefficient (Wildman–Crippen LogP) is 4.80. The van der Waals surface area contributed by atoms with Gasteiger partial charge in [-0.15, -0.1) is 0 Å². The van der Waals surface area contributed by atoms with Crippen LogP contribution in [0.2, 0.25) is 0 Å². The summed E-state index contributed by atoms with van der Waals surface area (Å²) in [6.45, 7) is 2.94. The molecule has 0 spiro atoms. The summed E-state index contributed by atoms with van der Waals surface area (Å²) in [5.41, 5.74) is 4.55. The first-order valence-electron chi connectivity index (χ1n) is 9.78. The van der Waals surface area contributed by atoms with Gasteiger partial charge in [-0.1, -0.05) is 18.2 Å². The SMILES string of the molecule is CCN(c1cccnc1)c1ncccc1CC(c1cccnc1)c1cccnc1. The summed E-state index contributed by atoms with van der Waals surface area (Å²) >= 11 is 0. The zero-order valence-corrected chi connectivity index (χ0v) is 16.4. The van der Waals surface area contributed by atoms with Crippen molar-refractivity contribution in [3.63, 3.8) is 0 Å². The van der Waals surface area contributed by atoms with E-state index >= 15 is 0 Å². The molecule has 0 aliphatic rings. The van der Waals surface area contributed by atoms with Crippen LogP contribution in [0, 0.1) is 0 Å². The van der Waals surface area contributed by atoms with E-state index in [4.69, 9.17) is 4.98 Å². The van der Waals surface area contributed by atoms with E-state index in [0.29, 0.717) is 0 Å². The highest BCUT2D eigenvalue weighted by molar-refractivity contribution is 5.62. The van der Waals surface area contributed by atoms with Crippen LogP contribution in [0.25, 0.3) is 0 Å². The zero-order valence-electron chi connectivity index (χ0n) is 16.4. The van der Waals surface area contributed by atoms with Gasteiger partial charge in [0, 0.05) is 49.6 Å². The van der Waals surface area contributed by atoms with E-state index < -0.39 is 0 Å². The highest BCUT2D eigenvalue weighted by Gasteiger charge is 2.20. The zero-order chi connectivity index (χ0) is 19.9. The molecule has 0 radical (unpaired) electrons. The molecule has 0 saturated heterocycles. The van der Waals surface area contributed by atoms with E-state index in [1.54, 1.807) is 18.6 Å². The van der Waals surface area contributed by atoms with Gasteiger partial charge in [-0.25, -0.2) is 4.98 Å². The molecule has 4 aromatic heterocycles. The molecule has 0 unspecified atom stereocenters. The molecule has 0 bridgehead atoms. The average molecular weight is 381 g/mol. The van der Waals surface area contributed by atoms with Crippen molar-refractivity contribution in [2.75, 3.05) is 11.4 Å². The molecule has 0 amide bonds. The third-order valence-corrected chi connectivity index (χ3v) is 4.99. The Bertz CT molecular complexity index is 983. The van der Waals surface area contributed by atoms with E-state index in [9.17, 15) is 0 Å². The molecule has 0 saturated carbocycles. The van der Waals surface area contributed by atoms with Crippen molar-refractivity contribution in [1.82, 2.24) is 19.9 Å². The van der Waals surface area contributed by atoms with Gasteiger partial charge in [-0.05, 0) is 60.4 Å². The Hall–Kier alpha value is -3.60. The fourth-order valence-electron chi connectivity index (χ4n) is 3.61. The molecule has 0 aliphatic heterocycles. The molecule has 29 heavy (non-hydrogen) atoms. The second-order valence-corrected chi connectivity index (χ2v) is 6.77. The monoisotopic (exact) mass is 381 g/mol. The van der Waals surface area contributed by atoms with Crippen LogP contribution in [-0.4, -0.2) is 26.5 Å². The fraction of sp³-hybridized carbons (Fsp3) is 0.167. The van der Waals surface area contributed by atoms with Crippen LogP contribution >= 0.6 is 0 Å². The summed E-state index contributed by atoms with van der Waals surface area (Å²) in [5.74, 6) is 1.11. The Balaban J connectivity index is 1.74. The summed E-state index contributed by atoms with van der Waals surface area (Å²) < 4.78 is 0. The molecule has 5 nitrogen and oxygen atoms in total. The van der Waals surface area contributed by atoms with Crippen molar-refractivity contribution in [3.8, 4) is 0 Å². The molecule has 5 heteroatoms. The minimum absolute atomic E-state index is 0.146. The van der Waals surface area contributed by atoms with Crippen LogP contribution in [0.4, 0.5) is 11.5 Å². The maximum Gasteiger partial charge on any atom is 0.136 e. The van der Waals surface area contributed by atoms with Gasteiger partial charge < -0.3 is 4.90 Å². The van der Waals surface area contributed by atoms with Crippen molar-refractivity contribution >= 4 is 11.5 Å². The summed E-state index contributed by atoms with van der Waals surface area (Å²) in [6, 6.07) is 16.4. The second-order valence-electron chi connectivity index (χ2n) is 6.77. The first-order chi connectivity index (χ1) is 14.4. The van der Waals surface area contributed by atoms with E-state index in [-0.39, 0.29) is 5.92 Å². The summed E-state index contributed by atoms with van der Waals surface area (Å²) in [6.07, 6.45) is 13.8. The van der Waals surface area contributed by atoms with Gasteiger partial charge in [0.1, 0.15) is 5.82 Å². The quantitative estimate of drug-likeness (QED) is 0.460. The fourth-order valence-corrected chi connectivity index (χ4v) is 3.61. The maximum absolute atomic E-state index is 4.73. The molecule has 144 valence electrons. The highest BCUT2D eigenvalue weighted by atomic mass is 15.2. The molecule has 4 rings (SSSR count). The number of nitrogens with zero attached hydrogens (tertiary/aromatic N) is 5. The topological polar surface area (TPSA) is 54.8 Å². The van der Waals surface area contributed by atoms with Crippen LogP contribution in [0.15, 0.2) is 91.9 Å². The lowest BCUT2D eigenvalue weighted by atomic mass is 9.87. The Morgan fingerprint density at radius 3 is 1.93 bits per heavy atom. The summed E-state index contributed by atoms with van der Waals surface area (Å²) in [7, 11) is 0. The minimum atomic E-state index is 0.146. The van der Waals surface area contributed by atoms with Crippen molar-refractivity contribution in [2.24, 2.45) is 0 Å². The van der Waals surface area contributed by atoms with Gasteiger partial charge >= 0.3 is 0 Å². The van der Waals surface area contributed by atoms with Crippen molar-refractivity contribution < 1.29 is 0 Å². The van der Waals surface area contributed by atoms with Gasteiger partial charge in [0.15, 0.2) is 0 Å². The van der Waals surface area contributed by atoms with Crippen LogP contribution in [0.5, 0.6) is 0 Å². The number of hydrogen-bond donors (Lipinski definition) is 0. The molecule has 4 heterocycles. The van der Waals surface area contributed by atoms with Gasteiger partial charge in [-0.3, -0.25) is 15.0 Å². The molecule has 0 aromatic carbocycles. The van der Waals surface area contributed by atoms with Crippen molar-refractivity contribution in [3.05, 3.63) is 109 Å². The highest BCUT2D eigenvalue weighted by Crippen LogP contribution is 2.32. The lowest BCUT2D eigenvalue weighted by Gasteiger charge is -2.26. The largest absolute Gasteiger partial charge is 0.325 e. The summed E-state index contributed by atoms with van der Waals surface area (Å²) in [4.78, 5) is 19.9. The lowest BCUT2D eigenvalue weighted by molar-refractivity contribution is 0.786. The van der Waals surface area contributed by atoms with E-state index in [1.807, 2.05) is 49.1 Å². The first-order valence-corrected chi connectivity index (χ1v) is 9.78. The standard InChI is InChI=1S/C24H23N5/c1-2-29(22-10-6-13-27-18-22)24-19(7-5-14-28-24)15-23(20-8-3-11-25-16-20)21-9-4-12-26-17-21/h3-14,16-18,23H,2,15H2,1H3. The van der Waals surface area contributed by atoms with Gasteiger partial charge in [0.05, 0.1) is 11.9 Å². The van der Waals surface area contributed by atoms with Crippen LogP contribution in [0.3, 0.4) is 0 Å². The van der Waals surface area contributed by atoms with Crippen LogP contribution in [-0.2, 0) is 6.42 Å². The normalized spacial score (nSPS) is 10.8. The molecule has 0 fully saturated rings. The predicted molar refractivity (Wildman–Crippen MR) is 115 cm³/mol. The van der Waals surface area contributed by atoms with Gasteiger partial charge in [-0.2, -0.15) is 0 Å². The molecule has 0 N–H and O–H groups in total. The van der Waals surface area contributed by atoms with Crippen molar-refractivity contribution in [1.29, 1.82) is 0 Å². The summed E-state index contributed by atoms with van der Waals surface area (Å²) in [5, 5.41) is 0. The average Bonchev–Trinajstić information content (AvgIpc) is 2.81. The number of rotatable bonds is 7. The molecular weight excluding hydrogens is 358 g/mol. The molecular formula is C24H23N5. The third-order valence-electron chi connectivity index (χ3n) is 4.99. The first kappa shape index (κ1) is 18.7. The molecule has 0 aliphatic carbocycles. The van der Waals surface area contributed by atoms with Crippen molar-refractivity contribution in [2.45, 2.75) is 19.3 Å². The Morgan fingerprint density at radius 1 is 0.759 bits per heavy atom. The number of anilines is 2. The third kappa shape index (κ3) is 4.29. The maximum atomic E-state index is 4.73. The second kappa shape index (κ2) is 9.06. The Morgan fingerprint density at radius 2 is 1.38 bits per heavy atom. The molecule has 0 atom stereocenters. The number of hydrogen-bond acceptors (Lipinski definition) is 5. The Labute approximate surface area is 171 Å². The number of aromatic nitrogens is 4. The van der Waals surface area contributed by atoms with Gasteiger partial charge in [0.2, 0.25) is 0 Å². The molecule has 4 aromatic rings. The van der Waals surface area contributed by atoms with Crippen LogP contribution < -0.4 is 4.90 Å². The number of pyridine rings is 4. The Kier molecular flexibility index (Phi) is 5.86. The van der Waals surface area contributed by atoms with E-state index in [1.165, 1.54) is 16.7 Å². The van der Waals surface area contributed by atoms with E-state index in [0.717, 1.165) is 24.5 Å². The smallest absolute Gasteiger partial charge is 0.136 e. The lowest BCUT2D eigenvalue weighted by Crippen LogP contribution is -2.20. The van der Waals surface area contributed by atoms with E-state index in [2.05, 4.69) is 51.0 Å².